The van der Waals surface area contributed by atoms with Crippen LogP contribution < -0.4 is 0 Å². The second-order valence-electron chi connectivity index (χ2n) is 4.83. The molecule has 0 spiro atoms. The van der Waals surface area contributed by atoms with Crippen molar-refractivity contribution in [3.05, 3.63) is 0 Å². The van der Waals surface area contributed by atoms with Crippen LogP contribution in [0.2, 0.25) is 0 Å². The van der Waals surface area contributed by atoms with Gasteiger partial charge in [-0.2, -0.15) is 0 Å². The smallest absolute Gasteiger partial charge is 0.374 e. The average Bonchev–Trinajstić information content (AvgIpc) is 2.71. The van der Waals surface area contributed by atoms with E-state index in [9.17, 15) is 14.4 Å². The number of rotatable bonds is 4. The first kappa shape index (κ1) is 13.0. The maximum Gasteiger partial charge on any atom is 0.374 e. The normalized spacial score (nSPS) is 25.4. The number of carbonyl (C=O) groups excluding carboxylic acids is 2. The Hall–Kier alpha value is -1.43. The van der Waals surface area contributed by atoms with Gasteiger partial charge >= 0.3 is 5.97 Å². The molecule has 0 aromatic heterocycles. The van der Waals surface area contributed by atoms with E-state index < -0.39 is 17.8 Å². The third-order valence-electron chi connectivity index (χ3n) is 3.64. The molecule has 0 aromatic rings. The van der Waals surface area contributed by atoms with E-state index in [4.69, 9.17) is 9.84 Å². The van der Waals surface area contributed by atoms with Crippen LogP contribution in [0.4, 0.5) is 0 Å². The summed E-state index contributed by atoms with van der Waals surface area (Å²) < 4.78 is 5.24. The van der Waals surface area contributed by atoms with Gasteiger partial charge in [0.15, 0.2) is 0 Å². The van der Waals surface area contributed by atoms with Crippen molar-refractivity contribution >= 4 is 17.7 Å². The summed E-state index contributed by atoms with van der Waals surface area (Å²) in [5.41, 5.74) is 0. The molecule has 0 radical (unpaired) electrons. The molecule has 1 atom stereocenters. The topological polar surface area (TPSA) is 83.9 Å². The molecular formula is C12H17NO5. The summed E-state index contributed by atoms with van der Waals surface area (Å²) in [5, 5.41) is 8.74. The molecule has 1 amide bonds. The second-order valence-corrected chi connectivity index (χ2v) is 4.83. The van der Waals surface area contributed by atoms with E-state index in [1.165, 1.54) is 4.90 Å². The molecule has 2 rings (SSSR count). The van der Waals surface area contributed by atoms with Gasteiger partial charge in [-0.25, -0.2) is 4.79 Å². The number of Topliss-reactive ketones (excluding diaryl/α,β-unsaturated/α-hetero) is 1. The largest absolute Gasteiger partial charge is 0.475 e. The molecule has 2 aliphatic rings. The van der Waals surface area contributed by atoms with Crippen LogP contribution in [-0.4, -0.2) is 53.5 Å². The summed E-state index contributed by atoms with van der Waals surface area (Å²) in [6, 6.07) is -0.766. The molecule has 2 heterocycles. The molecule has 100 valence electrons. The second kappa shape index (κ2) is 5.48. The average molecular weight is 255 g/mol. The molecule has 2 fully saturated rings. The van der Waals surface area contributed by atoms with Gasteiger partial charge in [0.25, 0.3) is 5.78 Å². The molecule has 0 saturated carbocycles. The minimum absolute atomic E-state index is 0.110. The number of carboxylic acids is 1. The minimum atomic E-state index is -1.45. The van der Waals surface area contributed by atoms with Gasteiger partial charge in [0.2, 0.25) is 5.91 Å². The standard InChI is InChI=1S/C12H17NO5/c14-10-2-1-9(11(15)12(16)17)13(10)7-8-3-5-18-6-4-8/h8-9H,1-7H2,(H,16,17). The predicted molar refractivity (Wildman–Crippen MR) is 60.9 cm³/mol. The maximum absolute atomic E-state index is 11.7. The molecule has 18 heavy (non-hydrogen) atoms. The van der Waals surface area contributed by atoms with E-state index in [0.717, 1.165) is 12.8 Å². The van der Waals surface area contributed by atoms with Crippen molar-refractivity contribution in [1.82, 2.24) is 4.90 Å². The number of nitrogens with zero attached hydrogens (tertiary/aromatic N) is 1. The van der Waals surface area contributed by atoms with E-state index in [1.807, 2.05) is 0 Å². The highest BCUT2D eigenvalue weighted by molar-refractivity contribution is 6.35. The Bertz CT molecular complexity index is 361. The van der Waals surface area contributed by atoms with Crippen LogP contribution in [0.5, 0.6) is 0 Å². The van der Waals surface area contributed by atoms with Crippen LogP contribution in [-0.2, 0) is 19.1 Å². The van der Waals surface area contributed by atoms with Gasteiger partial charge in [-0.3, -0.25) is 9.59 Å². The third kappa shape index (κ3) is 2.69. The molecule has 6 heteroatoms. The Balaban J connectivity index is 2.00. The number of ketones is 1. The number of ether oxygens (including phenoxy) is 1. The molecule has 6 nitrogen and oxygen atoms in total. The minimum Gasteiger partial charge on any atom is -0.475 e. The zero-order chi connectivity index (χ0) is 13.1. The van der Waals surface area contributed by atoms with E-state index in [-0.39, 0.29) is 12.3 Å². The van der Waals surface area contributed by atoms with Crippen LogP contribution in [0.15, 0.2) is 0 Å². The Morgan fingerprint density at radius 1 is 1.28 bits per heavy atom. The number of carbonyl (C=O) groups is 3. The van der Waals surface area contributed by atoms with Gasteiger partial charge in [0, 0.05) is 26.2 Å². The fraction of sp³-hybridized carbons (Fsp3) is 0.750. The quantitative estimate of drug-likeness (QED) is 0.718. The Kier molecular flexibility index (Phi) is 3.96. The monoisotopic (exact) mass is 255 g/mol. The number of amides is 1. The van der Waals surface area contributed by atoms with Crippen molar-refractivity contribution < 1.29 is 24.2 Å². The van der Waals surface area contributed by atoms with Crippen molar-refractivity contribution in [2.24, 2.45) is 5.92 Å². The number of hydrogen-bond acceptors (Lipinski definition) is 4. The van der Waals surface area contributed by atoms with Crippen LogP contribution >= 0.6 is 0 Å². The van der Waals surface area contributed by atoms with E-state index in [2.05, 4.69) is 0 Å². The highest BCUT2D eigenvalue weighted by Gasteiger charge is 2.39. The summed E-state index contributed by atoms with van der Waals surface area (Å²) in [5.74, 6) is -2.12. The maximum atomic E-state index is 11.7. The van der Waals surface area contributed by atoms with Gasteiger partial charge in [-0.05, 0) is 25.2 Å². The zero-order valence-corrected chi connectivity index (χ0v) is 10.1. The molecule has 2 aliphatic heterocycles. The number of hydrogen-bond donors (Lipinski definition) is 1. The first-order chi connectivity index (χ1) is 8.59. The molecule has 1 N–H and O–H groups in total. The Labute approximate surface area is 105 Å². The molecule has 1 unspecified atom stereocenters. The Morgan fingerprint density at radius 3 is 2.56 bits per heavy atom. The fourth-order valence-corrected chi connectivity index (χ4v) is 2.58. The number of likely N-dealkylation sites (tertiary alicyclic amines) is 1. The lowest BCUT2D eigenvalue weighted by Crippen LogP contribution is -2.44. The zero-order valence-electron chi connectivity index (χ0n) is 10.1. The summed E-state index contributed by atoms with van der Waals surface area (Å²) in [4.78, 5) is 35.4. The fourth-order valence-electron chi connectivity index (χ4n) is 2.58. The summed E-state index contributed by atoms with van der Waals surface area (Å²) >= 11 is 0. The molecule has 0 aliphatic carbocycles. The highest BCUT2D eigenvalue weighted by atomic mass is 16.5. The highest BCUT2D eigenvalue weighted by Crippen LogP contribution is 2.24. The molecular weight excluding hydrogens is 238 g/mol. The van der Waals surface area contributed by atoms with Gasteiger partial charge in [0.05, 0.1) is 0 Å². The van der Waals surface area contributed by atoms with E-state index in [0.29, 0.717) is 32.1 Å². The van der Waals surface area contributed by atoms with Crippen LogP contribution in [0.25, 0.3) is 0 Å². The lowest BCUT2D eigenvalue weighted by molar-refractivity contribution is -0.152. The van der Waals surface area contributed by atoms with E-state index in [1.54, 1.807) is 0 Å². The Morgan fingerprint density at radius 2 is 1.94 bits per heavy atom. The van der Waals surface area contributed by atoms with Gasteiger partial charge < -0.3 is 14.7 Å². The third-order valence-corrected chi connectivity index (χ3v) is 3.64. The van der Waals surface area contributed by atoms with Gasteiger partial charge in [-0.15, -0.1) is 0 Å². The molecule has 0 aromatic carbocycles. The summed E-state index contributed by atoms with van der Waals surface area (Å²) in [7, 11) is 0. The van der Waals surface area contributed by atoms with Crippen molar-refractivity contribution in [3.63, 3.8) is 0 Å². The van der Waals surface area contributed by atoms with Gasteiger partial charge in [0.1, 0.15) is 6.04 Å². The van der Waals surface area contributed by atoms with Crippen molar-refractivity contribution in [2.45, 2.75) is 31.7 Å². The molecule has 0 bridgehead atoms. The lowest BCUT2D eigenvalue weighted by Gasteiger charge is -2.29. The first-order valence-corrected chi connectivity index (χ1v) is 6.24. The van der Waals surface area contributed by atoms with Gasteiger partial charge in [-0.1, -0.05) is 0 Å². The lowest BCUT2D eigenvalue weighted by atomic mass is 9.99. The molecule has 2 saturated heterocycles. The van der Waals surface area contributed by atoms with E-state index >= 15 is 0 Å². The van der Waals surface area contributed by atoms with Crippen LogP contribution in [0, 0.1) is 5.92 Å². The van der Waals surface area contributed by atoms with Crippen molar-refractivity contribution in [1.29, 1.82) is 0 Å². The van der Waals surface area contributed by atoms with Crippen molar-refractivity contribution in [2.75, 3.05) is 19.8 Å². The summed E-state index contributed by atoms with van der Waals surface area (Å²) in [6.45, 7) is 1.82. The van der Waals surface area contributed by atoms with Crippen molar-refractivity contribution in [3.8, 4) is 0 Å². The predicted octanol–water partition coefficient (Wildman–Crippen LogP) is 0.0577. The number of carboxylic acid groups (broad SMARTS) is 1. The van der Waals surface area contributed by atoms with Crippen LogP contribution in [0.1, 0.15) is 25.7 Å². The first-order valence-electron chi connectivity index (χ1n) is 6.24. The summed E-state index contributed by atoms with van der Waals surface area (Å²) in [6.07, 6.45) is 2.32. The SMILES string of the molecule is O=C(O)C(=O)C1CCC(=O)N1CC1CCOCC1. The van der Waals surface area contributed by atoms with Crippen LogP contribution in [0.3, 0.4) is 0 Å². The number of aliphatic carboxylic acids is 1.